The number of aliphatic hydroxyl groups is 1. The van der Waals surface area contributed by atoms with Crippen molar-refractivity contribution in [2.75, 3.05) is 6.61 Å². The first-order valence-electron chi connectivity index (χ1n) is 12.6. The number of aliphatic hydroxyl groups excluding tert-OH is 1. The Labute approximate surface area is 222 Å². The van der Waals surface area contributed by atoms with Crippen LogP contribution in [0.3, 0.4) is 0 Å². The number of para-hydroxylation sites is 1. The van der Waals surface area contributed by atoms with Crippen LogP contribution in [0, 0.1) is 6.92 Å². The van der Waals surface area contributed by atoms with E-state index in [1.807, 2.05) is 123 Å². The van der Waals surface area contributed by atoms with Gasteiger partial charge < -0.3 is 14.4 Å². The van der Waals surface area contributed by atoms with Crippen molar-refractivity contribution < 1.29 is 14.4 Å². The summed E-state index contributed by atoms with van der Waals surface area (Å²) in [5.74, 6) is 0.365. The van der Waals surface area contributed by atoms with Crippen LogP contribution >= 0.6 is 7.14 Å². The quantitative estimate of drug-likeness (QED) is 0.198. The van der Waals surface area contributed by atoms with Crippen molar-refractivity contribution in [3.05, 3.63) is 126 Å². The summed E-state index contributed by atoms with van der Waals surface area (Å²) in [5, 5.41) is 21.9. The molecule has 4 aromatic carbocycles. The Bertz CT molecular complexity index is 1540. The van der Waals surface area contributed by atoms with E-state index in [2.05, 4.69) is 10.3 Å². The molecule has 5 aromatic rings. The minimum absolute atomic E-state index is 0.355. The SMILES string of the molecule is CCO/C(=C/[C@@H]([C@@H](O)c1ccc(C)cc1)P(=O)(c1ccccc1)c1ccccc1)n1nnc2ccccc21. The number of aromatic nitrogens is 3. The van der Waals surface area contributed by atoms with E-state index in [4.69, 9.17) is 4.74 Å². The number of nitrogens with zero attached hydrogens (tertiary/aromatic N) is 3. The average Bonchev–Trinajstić information content (AvgIpc) is 3.40. The molecule has 0 aliphatic heterocycles. The number of aryl methyl sites for hydroxylation is 1. The van der Waals surface area contributed by atoms with Gasteiger partial charge in [0, 0.05) is 10.6 Å². The highest BCUT2D eigenvalue weighted by Crippen LogP contribution is 2.54. The van der Waals surface area contributed by atoms with Crippen LogP contribution in [0.25, 0.3) is 16.9 Å². The average molecular weight is 524 g/mol. The van der Waals surface area contributed by atoms with Gasteiger partial charge in [-0.2, -0.15) is 4.68 Å². The van der Waals surface area contributed by atoms with E-state index in [0.29, 0.717) is 34.2 Å². The van der Waals surface area contributed by atoms with Crippen LogP contribution in [-0.4, -0.2) is 32.4 Å². The molecular formula is C31H30N3O3P. The Kier molecular flexibility index (Phi) is 7.54. The van der Waals surface area contributed by atoms with Gasteiger partial charge in [0.25, 0.3) is 0 Å². The van der Waals surface area contributed by atoms with Crippen molar-refractivity contribution in [1.82, 2.24) is 15.0 Å². The molecule has 0 radical (unpaired) electrons. The fourth-order valence-corrected chi connectivity index (χ4v) is 7.78. The lowest BCUT2D eigenvalue weighted by Gasteiger charge is -2.31. The molecule has 2 atom stereocenters. The molecule has 0 unspecified atom stereocenters. The lowest BCUT2D eigenvalue weighted by atomic mass is 10.0. The molecule has 1 N–H and O–H groups in total. The Morgan fingerprint density at radius 1 is 0.895 bits per heavy atom. The third-order valence-electron chi connectivity index (χ3n) is 6.61. The predicted octanol–water partition coefficient (Wildman–Crippen LogP) is 5.69. The molecule has 0 aliphatic carbocycles. The first-order valence-corrected chi connectivity index (χ1v) is 14.4. The van der Waals surface area contributed by atoms with Gasteiger partial charge in [0.2, 0.25) is 5.88 Å². The van der Waals surface area contributed by atoms with E-state index in [1.165, 1.54) is 0 Å². The van der Waals surface area contributed by atoms with E-state index >= 15 is 4.57 Å². The first kappa shape index (κ1) is 25.7. The molecule has 5 rings (SSSR count). The normalized spacial score (nSPS) is 13.8. The molecule has 6 nitrogen and oxygen atoms in total. The van der Waals surface area contributed by atoms with Crippen molar-refractivity contribution in [2.45, 2.75) is 25.6 Å². The fraction of sp³-hybridized carbons (Fsp3) is 0.161. The second-order valence-electron chi connectivity index (χ2n) is 9.10. The van der Waals surface area contributed by atoms with Crippen LogP contribution in [0.15, 0.2) is 115 Å². The van der Waals surface area contributed by atoms with E-state index in [-0.39, 0.29) is 0 Å². The number of ether oxygens (including phenoxy) is 1. The number of rotatable bonds is 9. The van der Waals surface area contributed by atoms with E-state index in [0.717, 1.165) is 11.1 Å². The lowest BCUT2D eigenvalue weighted by Crippen LogP contribution is -2.30. The number of hydrogen-bond donors (Lipinski definition) is 1. The molecule has 0 saturated carbocycles. The molecule has 1 aromatic heterocycles. The number of hydrogen-bond acceptors (Lipinski definition) is 5. The van der Waals surface area contributed by atoms with Gasteiger partial charge in [-0.3, -0.25) is 0 Å². The summed E-state index contributed by atoms with van der Waals surface area (Å²) in [7, 11) is -3.48. The van der Waals surface area contributed by atoms with Gasteiger partial charge >= 0.3 is 0 Å². The molecule has 38 heavy (non-hydrogen) atoms. The summed E-state index contributed by atoms with van der Waals surface area (Å²) in [4.78, 5) is 0. The minimum Gasteiger partial charge on any atom is -0.478 e. The van der Waals surface area contributed by atoms with E-state index in [1.54, 1.807) is 10.8 Å². The van der Waals surface area contributed by atoms with Gasteiger partial charge in [0.1, 0.15) is 5.52 Å². The van der Waals surface area contributed by atoms with Crippen LogP contribution in [-0.2, 0) is 9.30 Å². The van der Waals surface area contributed by atoms with Gasteiger partial charge in [-0.05, 0) is 37.6 Å². The van der Waals surface area contributed by atoms with Crippen molar-refractivity contribution in [1.29, 1.82) is 0 Å². The zero-order valence-electron chi connectivity index (χ0n) is 21.4. The largest absolute Gasteiger partial charge is 0.478 e. The van der Waals surface area contributed by atoms with Crippen LogP contribution < -0.4 is 10.6 Å². The number of benzene rings is 4. The Hall–Kier alpha value is -3.99. The van der Waals surface area contributed by atoms with Gasteiger partial charge in [-0.1, -0.05) is 108 Å². The third kappa shape index (κ3) is 4.93. The molecule has 0 saturated heterocycles. The summed E-state index contributed by atoms with van der Waals surface area (Å²) >= 11 is 0. The molecule has 0 spiro atoms. The molecule has 0 amide bonds. The molecule has 7 heteroatoms. The highest BCUT2D eigenvalue weighted by atomic mass is 31.2. The zero-order chi connectivity index (χ0) is 26.5. The molecule has 0 bridgehead atoms. The summed E-state index contributed by atoms with van der Waals surface area (Å²) in [6, 6.07) is 34.0. The second kappa shape index (κ2) is 11.2. The third-order valence-corrected chi connectivity index (χ3v) is 10.0. The van der Waals surface area contributed by atoms with Gasteiger partial charge in [0.05, 0.1) is 23.9 Å². The highest BCUT2D eigenvalue weighted by Gasteiger charge is 2.41. The maximum Gasteiger partial charge on any atom is 0.213 e. The van der Waals surface area contributed by atoms with E-state index in [9.17, 15) is 5.11 Å². The summed E-state index contributed by atoms with van der Waals surface area (Å²) in [5.41, 5.74) is 2.35. The topological polar surface area (TPSA) is 77.2 Å². The highest BCUT2D eigenvalue weighted by molar-refractivity contribution is 7.79. The molecule has 0 aliphatic rings. The van der Waals surface area contributed by atoms with Gasteiger partial charge in [-0.25, -0.2) is 0 Å². The van der Waals surface area contributed by atoms with Crippen molar-refractivity contribution in [2.24, 2.45) is 0 Å². The van der Waals surface area contributed by atoms with Crippen molar-refractivity contribution in [3.63, 3.8) is 0 Å². The standard InChI is InChI=1S/C31H30N3O3P/c1-3-37-30(34-28-17-11-10-16-27(28)32-33-34)22-29(31(35)24-20-18-23(2)19-21-24)38(36,25-12-6-4-7-13-25)26-14-8-5-9-15-26/h4-22,29,31,35H,3H2,1-2H3/b30-22+/t29-,31-/m0/s1. The van der Waals surface area contributed by atoms with Crippen molar-refractivity contribution in [3.8, 4) is 0 Å². The van der Waals surface area contributed by atoms with Crippen molar-refractivity contribution >= 4 is 34.7 Å². The maximum absolute atomic E-state index is 15.5. The second-order valence-corrected chi connectivity index (χ2v) is 12.0. The summed E-state index contributed by atoms with van der Waals surface area (Å²) in [6.07, 6.45) is 0.669. The minimum atomic E-state index is -3.48. The fourth-order valence-electron chi connectivity index (χ4n) is 4.65. The van der Waals surface area contributed by atoms with Crippen LogP contribution in [0.4, 0.5) is 0 Å². The first-order chi connectivity index (χ1) is 18.5. The molecule has 192 valence electrons. The molecule has 0 fully saturated rings. The van der Waals surface area contributed by atoms with Gasteiger partial charge in [-0.15, -0.1) is 5.10 Å². The Balaban J connectivity index is 1.77. The van der Waals surface area contributed by atoms with E-state index < -0.39 is 18.9 Å². The van der Waals surface area contributed by atoms with Crippen LogP contribution in [0.2, 0.25) is 0 Å². The molecular weight excluding hydrogens is 493 g/mol. The smallest absolute Gasteiger partial charge is 0.213 e. The summed E-state index contributed by atoms with van der Waals surface area (Å²) < 4.78 is 23.2. The number of fused-ring (bicyclic) bond motifs is 1. The monoisotopic (exact) mass is 523 g/mol. The Morgan fingerprint density at radius 2 is 1.47 bits per heavy atom. The Morgan fingerprint density at radius 3 is 2.08 bits per heavy atom. The lowest BCUT2D eigenvalue weighted by molar-refractivity contribution is 0.182. The van der Waals surface area contributed by atoms with Crippen LogP contribution in [0.5, 0.6) is 0 Å². The summed E-state index contributed by atoms with van der Waals surface area (Å²) in [6.45, 7) is 4.23. The van der Waals surface area contributed by atoms with Crippen LogP contribution in [0.1, 0.15) is 24.2 Å². The maximum atomic E-state index is 15.5. The predicted molar refractivity (Wildman–Crippen MR) is 153 cm³/mol. The zero-order valence-corrected chi connectivity index (χ0v) is 22.3. The van der Waals surface area contributed by atoms with Gasteiger partial charge in [0.15, 0.2) is 7.14 Å². The molecule has 1 heterocycles.